The summed E-state index contributed by atoms with van der Waals surface area (Å²) in [4.78, 5) is 113. The Labute approximate surface area is 321 Å². The van der Waals surface area contributed by atoms with Crippen molar-refractivity contribution in [3.8, 4) is 0 Å². The predicted molar refractivity (Wildman–Crippen MR) is 198 cm³/mol. The number of rotatable bonds is 28. The molecule has 54 heavy (non-hydrogen) atoms. The molecule has 0 aromatic heterocycles. The van der Waals surface area contributed by atoms with Crippen LogP contribution in [-0.4, -0.2) is 153 Å². The largest absolute Gasteiger partial charge is 0.481 e. The Morgan fingerprint density at radius 2 is 1.04 bits per heavy atom. The summed E-state index contributed by atoms with van der Waals surface area (Å²) < 4.78 is 0. The van der Waals surface area contributed by atoms with E-state index in [1.165, 1.54) is 23.5 Å². The standard InChI is InChI=1S/C31H54N8O13S2/c1-5-15(2)24(39-25(45)16(32)8-10-53-3)30(50)35-17(6-7-23(43)44)26(46)37-21(14-41)29(49)38-20(13-40)28(48)34-18(9-11-54-4)27(47)36-19(31(51)52)12-22(33)42/h15-21,24,40-41H,5-14,32H2,1-4H3,(H2,33,42)(H,34,48)(H,35,50)(H,36,47)(H,37,46)(H,38,49)(H,39,45)(H,43,44)(H,51,52)/t15-,16-,17-,18-,19-,20-,21-,24-/m0/s1. The van der Waals surface area contributed by atoms with E-state index in [9.17, 15) is 63.6 Å². The van der Waals surface area contributed by atoms with Crippen molar-refractivity contribution in [3.05, 3.63) is 0 Å². The minimum atomic E-state index is -1.80. The minimum Gasteiger partial charge on any atom is -0.481 e. The highest BCUT2D eigenvalue weighted by molar-refractivity contribution is 7.98. The average Bonchev–Trinajstić information content (AvgIpc) is 3.12. The molecule has 308 valence electrons. The van der Waals surface area contributed by atoms with Gasteiger partial charge in [0, 0.05) is 6.42 Å². The van der Waals surface area contributed by atoms with Crippen molar-refractivity contribution in [2.24, 2.45) is 17.4 Å². The molecular formula is C31H54N8O13S2. The van der Waals surface area contributed by atoms with E-state index in [0.29, 0.717) is 18.6 Å². The first kappa shape index (κ1) is 49.8. The first-order valence-corrected chi connectivity index (χ1v) is 19.7. The Bertz CT molecular complexity index is 1310. The minimum absolute atomic E-state index is 0.0427. The molecular weight excluding hydrogens is 757 g/mol. The Balaban J connectivity index is 5.97. The topological polar surface area (TPSA) is 359 Å². The molecule has 0 aliphatic rings. The van der Waals surface area contributed by atoms with Crippen LogP contribution in [0, 0.1) is 5.92 Å². The number of carbonyl (C=O) groups is 9. The molecule has 0 aromatic carbocycles. The smallest absolute Gasteiger partial charge is 0.326 e. The molecule has 0 fully saturated rings. The lowest BCUT2D eigenvalue weighted by Crippen LogP contribution is -2.61. The molecule has 0 heterocycles. The number of hydrogen-bond acceptors (Lipinski definition) is 14. The van der Waals surface area contributed by atoms with Gasteiger partial charge in [-0.3, -0.25) is 38.4 Å². The fraction of sp³-hybridized carbons (Fsp3) is 0.710. The summed E-state index contributed by atoms with van der Waals surface area (Å²) in [5, 5.41) is 52.1. The van der Waals surface area contributed by atoms with E-state index >= 15 is 0 Å². The zero-order valence-electron chi connectivity index (χ0n) is 30.6. The number of aliphatic carboxylic acids is 2. The van der Waals surface area contributed by atoms with Gasteiger partial charge >= 0.3 is 11.9 Å². The Kier molecular flexibility index (Phi) is 24.5. The van der Waals surface area contributed by atoms with Gasteiger partial charge in [-0.2, -0.15) is 23.5 Å². The highest BCUT2D eigenvalue weighted by atomic mass is 32.2. The number of amides is 7. The van der Waals surface area contributed by atoms with Gasteiger partial charge in [0.15, 0.2) is 0 Å². The molecule has 0 bridgehead atoms. The second kappa shape index (κ2) is 26.6. The summed E-state index contributed by atoms with van der Waals surface area (Å²) in [7, 11) is 0. The fourth-order valence-electron chi connectivity index (χ4n) is 4.52. The third-order valence-electron chi connectivity index (χ3n) is 7.94. The molecule has 0 radical (unpaired) electrons. The predicted octanol–water partition coefficient (Wildman–Crippen LogP) is -4.42. The Hall–Kier alpha value is -4.19. The number of aliphatic hydroxyl groups is 2. The van der Waals surface area contributed by atoms with Crippen molar-refractivity contribution in [2.45, 2.75) is 94.7 Å². The van der Waals surface area contributed by atoms with Crippen LogP contribution in [-0.2, 0) is 43.2 Å². The van der Waals surface area contributed by atoms with Crippen LogP contribution in [0.4, 0.5) is 0 Å². The number of nitrogens with one attached hydrogen (secondary N) is 6. The second-order valence-corrected chi connectivity index (χ2v) is 14.1. The van der Waals surface area contributed by atoms with Crippen LogP contribution >= 0.6 is 23.5 Å². The maximum Gasteiger partial charge on any atom is 0.326 e. The van der Waals surface area contributed by atoms with Crippen LogP contribution < -0.4 is 43.4 Å². The highest BCUT2D eigenvalue weighted by Gasteiger charge is 2.34. The molecule has 0 aromatic rings. The Morgan fingerprint density at radius 1 is 0.611 bits per heavy atom. The molecule has 0 spiro atoms. The zero-order valence-corrected chi connectivity index (χ0v) is 32.3. The molecule has 0 saturated carbocycles. The summed E-state index contributed by atoms with van der Waals surface area (Å²) in [6.45, 7) is 1.31. The molecule has 0 aliphatic heterocycles. The van der Waals surface area contributed by atoms with Gasteiger partial charge in [0.05, 0.1) is 25.7 Å². The lowest BCUT2D eigenvalue weighted by Gasteiger charge is -2.28. The van der Waals surface area contributed by atoms with Crippen LogP contribution in [0.25, 0.3) is 0 Å². The fourth-order valence-corrected chi connectivity index (χ4v) is 5.48. The third-order valence-corrected chi connectivity index (χ3v) is 9.23. The normalized spacial score (nSPS) is 15.4. The summed E-state index contributed by atoms with van der Waals surface area (Å²) in [5.74, 6) is -9.37. The number of aliphatic hydroxyl groups excluding tert-OH is 2. The van der Waals surface area contributed by atoms with Crippen LogP contribution in [0.5, 0.6) is 0 Å². The average molecular weight is 811 g/mol. The summed E-state index contributed by atoms with van der Waals surface area (Å²) >= 11 is 2.75. The number of nitrogens with two attached hydrogens (primary N) is 2. The van der Waals surface area contributed by atoms with Gasteiger partial charge in [-0.15, -0.1) is 0 Å². The number of primary amides is 1. The monoisotopic (exact) mass is 810 g/mol. The van der Waals surface area contributed by atoms with Crippen molar-refractivity contribution in [2.75, 3.05) is 37.2 Å². The van der Waals surface area contributed by atoms with Crippen molar-refractivity contribution in [1.29, 1.82) is 0 Å². The first-order chi connectivity index (χ1) is 25.4. The van der Waals surface area contributed by atoms with Gasteiger partial charge in [0.1, 0.15) is 36.3 Å². The van der Waals surface area contributed by atoms with E-state index in [1.807, 2.05) is 6.26 Å². The number of carboxylic acids is 2. The van der Waals surface area contributed by atoms with Crippen molar-refractivity contribution >= 4 is 76.8 Å². The van der Waals surface area contributed by atoms with Crippen LogP contribution in [0.15, 0.2) is 0 Å². The maximum atomic E-state index is 13.4. The van der Waals surface area contributed by atoms with Crippen LogP contribution in [0.3, 0.4) is 0 Å². The maximum absolute atomic E-state index is 13.4. The molecule has 0 unspecified atom stereocenters. The van der Waals surface area contributed by atoms with Gasteiger partial charge in [0.2, 0.25) is 41.4 Å². The molecule has 8 atom stereocenters. The van der Waals surface area contributed by atoms with Gasteiger partial charge in [-0.05, 0) is 49.2 Å². The number of thioether (sulfide) groups is 2. The molecule has 14 N–H and O–H groups in total. The molecule has 21 nitrogen and oxygen atoms in total. The second-order valence-electron chi connectivity index (χ2n) is 12.2. The Morgan fingerprint density at radius 3 is 1.46 bits per heavy atom. The van der Waals surface area contributed by atoms with Crippen molar-refractivity contribution in [3.63, 3.8) is 0 Å². The third kappa shape index (κ3) is 18.7. The number of hydrogen-bond donors (Lipinski definition) is 12. The van der Waals surface area contributed by atoms with E-state index in [-0.39, 0.29) is 12.2 Å². The SMILES string of the molecule is CC[C@H](C)[C@H](NC(=O)[C@@H](N)CCSC)C(=O)N[C@@H](CCC(=O)O)C(=O)N[C@@H](CO)C(=O)N[C@@H](CO)C(=O)N[C@@H](CCSC)C(=O)N[C@@H](CC(N)=O)C(=O)O. The van der Waals surface area contributed by atoms with E-state index in [0.717, 1.165) is 0 Å². The molecule has 0 aliphatic carbocycles. The lowest BCUT2D eigenvalue weighted by atomic mass is 9.97. The molecule has 0 rings (SSSR count). The quantitative estimate of drug-likeness (QED) is 0.0355. The van der Waals surface area contributed by atoms with Gasteiger partial charge in [0.25, 0.3) is 0 Å². The van der Waals surface area contributed by atoms with Crippen molar-refractivity contribution < 1.29 is 63.6 Å². The number of carbonyl (C=O) groups excluding carboxylic acids is 7. The first-order valence-electron chi connectivity index (χ1n) is 16.9. The van der Waals surface area contributed by atoms with Crippen LogP contribution in [0.1, 0.15) is 52.4 Å². The van der Waals surface area contributed by atoms with E-state index in [4.69, 9.17) is 11.5 Å². The van der Waals surface area contributed by atoms with Gasteiger partial charge in [-0.1, -0.05) is 20.3 Å². The number of carboxylic acid groups (broad SMARTS) is 2. The van der Waals surface area contributed by atoms with Crippen molar-refractivity contribution in [1.82, 2.24) is 31.9 Å². The van der Waals surface area contributed by atoms with E-state index in [2.05, 4.69) is 31.9 Å². The molecule has 0 saturated heterocycles. The lowest BCUT2D eigenvalue weighted by molar-refractivity contribution is -0.143. The summed E-state index contributed by atoms with van der Waals surface area (Å²) in [6.07, 6.45) is 2.41. The summed E-state index contributed by atoms with van der Waals surface area (Å²) in [6, 6.07) is -10.4. The van der Waals surface area contributed by atoms with E-state index < -0.39 is 134 Å². The highest BCUT2D eigenvalue weighted by Crippen LogP contribution is 2.11. The molecule has 7 amide bonds. The summed E-state index contributed by atoms with van der Waals surface area (Å²) in [5.41, 5.74) is 11.0. The molecule has 23 heteroatoms. The zero-order chi connectivity index (χ0) is 41.5. The van der Waals surface area contributed by atoms with E-state index in [1.54, 1.807) is 20.1 Å². The van der Waals surface area contributed by atoms with Crippen LogP contribution in [0.2, 0.25) is 0 Å². The van der Waals surface area contributed by atoms with Gasteiger partial charge < -0.3 is 63.8 Å². The van der Waals surface area contributed by atoms with Gasteiger partial charge in [-0.25, -0.2) is 4.79 Å².